The summed E-state index contributed by atoms with van der Waals surface area (Å²) >= 11 is 6.11. The van der Waals surface area contributed by atoms with Gasteiger partial charge in [-0.2, -0.15) is 0 Å². The van der Waals surface area contributed by atoms with Crippen molar-refractivity contribution in [2.75, 3.05) is 0 Å². The molecule has 0 aliphatic heterocycles. The van der Waals surface area contributed by atoms with Gasteiger partial charge in [-0.1, -0.05) is 35.9 Å². The Morgan fingerprint density at radius 2 is 1.90 bits per heavy atom. The van der Waals surface area contributed by atoms with Crippen LogP contribution in [0.15, 0.2) is 48.5 Å². The molecule has 0 saturated heterocycles. The molecule has 2 rings (SSSR count). The number of para-hydroxylation sites is 1. The van der Waals surface area contributed by atoms with Crippen LogP contribution in [0.5, 0.6) is 11.5 Å². The topological polar surface area (TPSA) is 66.8 Å². The largest absolute Gasteiger partial charge is 0.478 e. The summed E-state index contributed by atoms with van der Waals surface area (Å²) in [6.45, 7) is -0.0427. The monoisotopic (exact) mass is 304 g/mol. The van der Waals surface area contributed by atoms with Gasteiger partial charge in [0.05, 0.1) is 11.6 Å². The van der Waals surface area contributed by atoms with Gasteiger partial charge < -0.3 is 14.9 Å². The molecule has 0 radical (unpaired) electrons. The quantitative estimate of drug-likeness (QED) is 0.826. The number of halogens is 1. The van der Waals surface area contributed by atoms with E-state index in [0.29, 0.717) is 22.1 Å². The van der Waals surface area contributed by atoms with E-state index in [2.05, 4.69) is 0 Å². The molecular formula is C16H13ClO4. The summed E-state index contributed by atoms with van der Waals surface area (Å²) < 4.78 is 5.71. The molecule has 0 fully saturated rings. The molecule has 0 bridgehead atoms. The molecule has 0 aliphatic carbocycles. The predicted molar refractivity (Wildman–Crippen MR) is 80.6 cm³/mol. The van der Waals surface area contributed by atoms with Crippen LogP contribution < -0.4 is 4.74 Å². The highest BCUT2D eigenvalue weighted by molar-refractivity contribution is 6.32. The van der Waals surface area contributed by atoms with E-state index in [9.17, 15) is 4.79 Å². The lowest BCUT2D eigenvalue weighted by Crippen LogP contribution is -1.91. The van der Waals surface area contributed by atoms with E-state index in [0.717, 1.165) is 11.6 Å². The van der Waals surface area contributed by atoms with Gasteiger partial charge in [0.2, 0.25) is 0 Å². The summed E-state index contributed by atoms with van der Waals surface area (Å²) in [5.41, 5.74) is 1.34. The van der Waals surface area contributed by atoms with Crippen molar-refractivity contribution < 1.29 is 19.7 Å². The number of ether oxygens (including phenoxy) is 1. The van der Waals surface area contributed by atoms with Gasteiger partial charge in [0.15, 0.2) is 5.75 Å². The number of aliphatic carboxylic acids is 1. The van der Waals surface area contributed by atoms with Crippen LogP contribution in [0.4, 0.5) is 0 Å². The summed E-state index contributed by atoms with van der Waals surface area (Å²) in [5, 5.41) is 18.1. The Hall–Kier alpha value is -2.30. The first-order valence-electron chi connectivity index (χ1n) is 6.17. The van der Waals surface area contributed by atoms with Gasteiger partial charge in [-0.05, 0) is 29.8 Å². The number of carboxylic acids is 1. The number of benzene rings is 2. The van der Waals surface area contributed by atoms with Crippen LogP contribution in [0, 0.1) is 0 Å². The SMILES string of the molecule is O=C(O)/C=C/c1cccc(Cl)c1Oc1ccc(CO)cc1. The Morgan fingerprint density at radius 1 is 1.19 bits per heavy atom. The maximum atomic E-state index is 10.6. The minimum atomic E-state index is -1.05. The molecule has 2 aromatic rings. The van der Waals surface area contributed by atoms with Crippen LogP contribution in [0.1, 0.15) is 11.1 Å². The van der Waals surface area contributed by atoms with Crippen molar-refractivity contribution in [3.8, 4) is 11.5 Å². The molecule has 0 atom stereocenters. The Kier molecular flexibility index (Phi) is 4.98. The third-order valence-electron chi connectivity index (χ3n) is 2.73. The number of hydrogen-bond acceptors (Lipinski definition) is 3. The molecule has 0 aromatic heterocycles. The van der Waals surface area contributed by atoms with Crippen LogP contribution in [-0.4, -0.2) is 16.2 Å². The fourth-order valence-electron chi connectivity index (χ4n) is 1.71. The number of hydrogen-bond donors (Lipinski definition) is 2. The number of carbonyl (C=O) groups is 1. The lowest BCUT2D eigenvalue weighted by molar-refractivity contribution is -0.131. The lowest BCUT2D eigenvalue weighted by Gasteiger charge is -2.11. The van der Waals surface area contributed by atoms with Crippen molar-refractivity contribution in [1.82, 2.24) is 0 Å². The first kappa shape index (κ1) is 15.1. The molecule has 0 amide bonds. The van der Waals surface area contributed by atoms with E-state index in [1.807, 2.05) is 0 Å². The van der Waals surface area contributed by atoms with Gasteiger partial charge in [-0.3, -0.25) is 0 Å². The van der Waals surface area contributed by atoms with E-state index in [-0.39, 0.29) is 6.61 Å². The van der Waals surface area contributed by atoms with Gasteiger partial charge in [0, 0.05) is 11.6 Å². The van der Waals surface area contributed by atoms with E-state index in [4.69, 9.17) is 26.6 Å². The number of aliphatic hydroxyl groups excluding tert-OH is 1. The Balaban J connectivity index is 2.31. The third kappa shape index (κ3) is 4.08. The lowest BCUT2D eigenvalue weighted by atomic mass is 10.2. The molecule has 0 spiro atoms. The number of carboxylic acid groups (broad SMARTS) is 1. The molecule has 5 heteroatoms. The second kappa shape index (κ2) is 6.92. The summed E-state index contributed by atoms with van der Waals surface area (Å²) in [6, 6.07) is 12.0. The molecule has 0 aliphatic rings. The van der Waals surface area contributed by atoms with Crippen molar-refractivity contribution in [3.05, 3.63) is 64.7 Å². The zero-order valence-electron chi connectivity index (χ0n) is 11.0. The minimum absolute atomic E-state index is 0.0427. The Labute approximate surface area is 126 Å². The molecule has 2 aromatic carbocycles. The van der Waals surface area contributed by atoms with Crippen molar-refractivity contribution in [3.63, 3.8) is 0 Å². The summed E-state index contributed by atoms with van der Waals surface area (Å²) in [6.07, 6.45) is 2.44. The second-order valence-electron chi connectivity index (χ2n) is 4.23. The van der Waals surface area contributed by atoms with Crippen molar-refractivity contribution >= 4 is 23.6 Å². The standard InChI is InChI=1S/C16H13ClO4/c17-14-3-1-2-12(6-9-15(19)20)16(14)21-13-7-4-11(10-18)5-8-13/h1-9,18H,10H2,(H,19,20)/b9-6+. The Morgan fingerprint density at radius 3 is 2.52 bits per heavy atom. The van der Waals surface area contributed by atoms with E-state index >= 15 is 0 Å². The molecule has 0 unspecified atom stereocenters. The maximum absolute atomic E-state index is 10.6. The minimum Gasteiger partial charge on any atom is -0.478 e. The van der Waals surface area contributed by atoms with Gasteiger partial charge >= 0.3 is 5.97 Å². The summed E-state index contributed by atoms with van der Waals surface area (Å²) in [5.74, 6) is -0.119. The average Bonchev–Trinajstić information content (AvgIpc) is 2.48. The molecule has 21 heavy (non-hydrogen) atoms. The molecule has 108 valence electrons. The van der Waals surface area contributed by atoms with Crippen LogP contribution in [-0.2, 0) is 11.4 Å². The van der Waals surface area contributed by atoms with Gasteiger partial charge in [-0.25, -0.2) is 4.79 Å². The fourth-order valence-corrected chi connectivity index (χ4v) is 1.93. The van der Waals surface area contributed by atoms with E-state index in [1.165, 1.54) is 6.08 Å². The highest BCUT2D eigenvalue weighted by atomic mass is 35.5. The zero-order chi connectivity index (χ0) is 15.2. The Bertz CT molecular complexity index is 662. The molecule has 0 saturated carbocycles. The number of rotatable bonds is 5. The first-order chi connectivity index (χ1) is 10.1. The van der Waals surface area contributed by atoms with Gasteiger partial charge in [-0.15, -0.1) is 0 Å². The van der Waals surface area contributed by atoms with E-state index < -0.39 is 5.97 Å². The van der Waals surface area contributed by atoms with Gasteiger partial charge in [0.25, 0.3) is 0 Å². The summed E-state index contributed by atoms with van der Waals surface area (Å²) in [7, 11) is 0. The smallest absolute Gasteiger partial charge is 0.328 e. The first-order valence-corrected chi connectivity index (χ1v) is 6.55. The van der Waals surface area contributed by atoms with E-state index in [1.54, 1.807) is 42.5 Å². The third-order valence-corrected chi connectivity index (χ3v) is 3.03. The van der Waals surface area contributed by atoms with Crippen molar-refractivity contribution in [2.45, 2.75) is 6.61 Å². The molecular weight excluding hydrogens is 292 g/mol. The second-order valence-corrected chi connectivity index (χ2v) is 4.64. The zero-order valence-corrected chi connectivity index (χ0v) is 11.7. The predicted octanol–water partition coefficient (Wildman–Crippen LogP) is 3.72. The number of aliphatic hydroxyl groups is 1. The molecule has 4 nitrogen and oxygen atoms in total. The van der Waals surface area contributed by atoms with Crippen LogP contribution in [0.3, 0.4) is 0 Å². The van der Waals surface area contributed by atoms with Crippen LogP contribution >= 0.6 is 11.6 Å². The van der Waals surface area contributed by atoms with Crippen LogP contribution in [0.25, 0.3) is 6.08 Å². The average molecular weight is 305 g/mol. The molecule has 2 N–H and O–H groups in total. The maximum Gasteiger partial charge on any atom is 0.328 e. The molecule has 0 heterocycles. The van der Waals surface area contributed by atoms with Gasteiger partial charge in [0.1, 0.15) is 5.75 Å². The normalized spacial score (nSPS) is 10.8. The van der Waals surface area contributed by atoms with Crippen molar-refractivity contribution in [2.24, 2.45) is 0 Å². The fraction of sp³-hybridized carbons (Fsp3) is 0.0625. The highest BCUT2D eigenvalue weighted by Gasteiger charge is 2.08. The van der Waals surface area contributed by atoms with Crippen LogP contribution in [0.2, 0.25) is 5.02 Å². The highest BCUT2D eigenvalue weighted by Crippen LogP contribution is 2.33. The van der Waals surface area contributed by atoms with Crippen molar-refractivity contribution in [1.29, 1.82) is 0 Å². The summed E-state index contributed by atoms with van der Waals surface area (Å²) in [4.78, 5) is 10.6.